The Morgan fingerprint density at radius 3 is 2.46 bits per heavy atom. The van der Waals surface area contributed by atoms with Crippen LogP contribution in [0.2, 0.25) is 0 Å². The lowest BCUT2D eigenvalue weighted by atomic mass is 10.0. The number of nitrogens with zero attached hydrogens (tertiary/aromatic N) is 2. The van der Waals surface area contributed by atoms with Gasteiger partial charge < -0.3 is 10.2 Å². The number of nitriles is 1. The molecular formula is C20H11FN2O5. The van der Waals surface area contributed by atoms with Crippen molar-refractivity contribution >= 4 is 11.8 Å². The average Bonchev–Trinajstić information content (AvgIpc) is 2.69. The third-order valence-electron chi connectivity index (χ3n) is 4.00. The van der Waals surface area contributed by atoms with E-state index in [9.17, 15) is 34.2 Å². The van der Waals surface area contributed by atoms with Crippen LogP contribution in [0.5, 0.6) is 5.75 Å². The number of rotatable bonds is 4. The lowest BCUT2D eigenvalue weighted by molar-refractivity contribution is 0.0696. The van der Waals surface area contributed by atoms with E-state index in [1.165, 1.54) is 24.3 Å². The maximum absolute atomic E-state index is 13.5. The zero-order valence-electron chi connectivity index (χ0n) is 14.1. The number of hydrogen-bond acceptors (Lipinski definition) is 5. The van der Waals surface area contributed by atoms with Gasteiger partial charge in [-0.25, -0.2) is 9.18 Å². The minimum Gasteiger partial charge on any atom is -0.507 e. The second-order valence-corrected chi connectivity index (χ2v) is 5.74. The Hall–Kier alpha value is -4.25. The molecule has 1 aromatic heterocycles. The summed E-state index contributed by atoms with van der Waals surface area (Å²) < 4.78 is 14.3. The van der Waals surface area contributed by atoms with Crippen LogP contribution in [0.15, 0.2) is 59.5 Å². The minimum atomic E-state index is -1.31. The average molecular weight is 378 g/mol. The van der Waals surface area contributed by atoms with Crippen LogP contribution in [0.3, 0.4) is 0 Å². The number of carboxylic acid groups (broad SMARTS) is 1. The summed E-state index contributed by atoms with van der Waals surface area (Å²) in [6.07, 6.45) is 1.05. The van der Waals surface area contributed by atoms with Crippen molar-refractivity contribution in [2.24, 2.45) is 0 Å². The molecule has 3 rings (SSSR count). The number of phenolic OH excluding ortho intramolecular Hbond substituents is 1. The first kappa shape index (κ1) is 18.5. The molecule has 0 aliphatic heterocycles. The van der Waals surface area contributed by atoms with Gasteiger partial charge in [0.15, 0.2) is 5.78 Å². The number of aromatic nitrogens is 1. The molecule has 0 aliphatic carbocycles. The first-order valence-corrected chi connectivity index (χ1v) is 7.86. The van der Waals surface area contributed by atoms with Crippen molar-refractivity contribution < 1.29 is 24.2 Å². The van der Waals surface area contributed by atoms with E-state index in [4.69, 9.17) is 0 Å². The van der Waals surface area contributed by atoms with Gasteiger partial charge in [-0.1, -0.05) is 12.1 Å². The second-order valence-electron chi connectivity index (χ2n) is 5.74. The monoisotopic (exact) mass is 378 g/mol. The Morgan fingerprint density at radius 2 is 1.79 bits per heavy atom. The van der Waals surface area contributed by atoms with Gasteiger partial charge in [0.05, 0.1) is 16.8 Å². The molecule has 28 heavy (non-hydrogen) atoms. The maximum Gasteiger partial charge on any atom is 0.337 e. The van der Waals surface area contributed by atoms with Gasteiger partial charge in [-0.2, -0.15) is 5.26 Å². The largest absolute Gasteiger partial charge is 0.507 e. The van der Waals surface area contributed by atoms with E-state index in [0.717, 1.165) is 35.0 Å². The molecule has 3 aromatic rings. The van der Waals surface area contributed by atoms with Crippen molar-refractivity contribution in [3.05, 3.63) is 93.2 Å². The number of para-hydroxylation sites is 1. The fourth-order valence-corrected chi connectivity index (χ4v) is 2.68. The number of halogens is 1. The molecule has 0 radical (unpaired) electrons. The summed E-state index contributed by atoms with van der Waals surface area (Å²) in [5.74, 6) is -3.38. The van der Waals surface area contributed by atoms with Crippen molar-refractivity contribution in [2.45, 2.75) is 0 Å². The zero-order chi connectivity index (χ0) is 20.4. The summed E-state index contributed by atoms with van der Waals surface area (Å²) in [5, 5.41) is 28.4. The van der Waals surface area contributed by atoms with Crippen LogP contribution >= 0.6 is 0 Å². The summed E-state index contributed by atoms with van der Waals surface area (Å²) in [6, 6.07) is 11.0. The van der Waals surface area contributed by atoms with Crippen LogP contribution in [0.4, 0.5) is 4.39 Å². The first-order chi connectivity index (χ1) is 13.3. The summed E-state index contributed by atoms with van der Waals surface area (Å²) in [7, 11) is 0. The van der Waals surface area contributed by atoms with Crippen molar-refractivity contribution in [1.29, 1.82) is 5.26 Å². The second kappa shape index (κ2) is 7.17. The van der Waals surface area contributed by atoms with Crippen molar-refractivity contribution in [2.75, 3.05) is 0 Å². The van der Waals surface area contributed by atoms with Gasteiger partial charge in [0, 0.05) is 11.8 Å². The molecule has 0 spiro atoms. The van der Waals surface area contributed by atoms with E-state index in [2.05, 4.69) is 0 Å². The van der Waals surface area contributed by atoms with Gasteiger partial charge in [0.1, 0.15) is 23.2 Å². The third-order valence-corrected chi connectivity index (χ3v) is 4.00. The fraction of sp³-hybridized carbons (Fsp3) is 0. The Bertz CT molecular complexity index is 1220. The van der Waals surface area contributed by atoms with Crippen LogP contribution in [0.25, 0.3) is 5.69 Å². The van der Waals surface area contributed by atoms with Gasteiger partial charge in [-0.05, 0) is 36.4 Å². The number of aromatic carboxylic acids is 1. The number of carbonyl (C=O) groups excluding carboxylic acids is 1. The fourth-order valence-electron chi connectivity index (χ4n) is 2.68. The summed E-state index contributed by atoms with van der Waals surface area (Å²) in [5.41, 5.74) is -2.06. The lowest BCUT2D eigenvalue weighted by Crippen LogP contribution is -2.24. The number of aromatic hydroxyl groups is 1. The molecule has 2 N–H and O–H groups in total. The van der Waals surface area contributed by atoms with Gasteiger partial charge in [-0.3, -0.25) is 14.2 Å². The van der Waals surface area contributed by atoms with Crippen LogP contribution in [-0.2, 0) is 0 Å². The number of pyridine rings is 1. The predicted molar refractivity (Wildman–Crippen MR) is 95.2 cm³/mol. The molecule has 7 nitrogen and oxygen atoms in total. The normalized spacial score (nSPS) is 10.3. The molecule has 0 fully saturated rings. The highest BCUT2D eigenvalue weighted by Gasteiger charge is 2.20. The van der Waals surface area contributed by atoms with Gasteiger partial charge >= 0.3 is 5.97 Å². The molecule has 1 heterocycles. The molecule has 0 unspecified atom stereocenters. The SMILES string of the molecule is N#Cc1cc(C(=O)c2cc(F)ccc2O)cn(-c2ccccc2C(=O)O)c1=O. The summed E-state index contributed by atoms with van der Waals surface area (Å²) in [6.45, 7) is 0. The predicted octanol–water partition coefficient (Wildman–Crippen LogP) is 2.48. The minimum absolute atomic E-state index is 0.0467. The standard InChI is InChI=1S/C20H11FN2O5/c21-13-5-6-17(24)15(8-13)18(25)12-7-11(9-22)19(26)23(10-12)16-4-2-1-3-14(16)20(27)28/h1-8,10,24H,(H,27,28). The van der Waals surface area contributed by atoms with E-state index in [0.29, 0.717) is 0 Å². The number of benzene rings is 2. The Kier molecular flexibility index (Phi) is 4.75. The van der Waals surface area contributed by atoms with E-state index in [-0.39, 0.29) is 22.4 Å². The summed E-state index contributed by atoms with van der Waals surface area (Å²) >= 11 is 0. The highest BCUT2D eigenvalue weighted by atomic mass is 19.1. The number of phenols is 1. The molecule has 2 aromatic carbocycles. The number of carbonyl (C=O) groups is 2. The highest BCUT2D eigenvalue weighted by molar-refractivity contribution is 6.10. The van der Waals surface area contributed by atoms with Crippen molar-refractivity contribution in [3.8, 4) is 17.5 Å². The number of ketones is 1. The van der Waals surface area contributed by atoms with E-state index < -0.39 is 34.4 Å². The van der Waals surface area contributed by atoms with Gasteiger partial charge in [0.25, 0.3) is 5.56 Å². The van der Waals surface area contributed by atoms with E-state index in [1.807, 2.05) is 0 Å². The van der Waals surface area contributed by atoms with Crippen LogP contribution < -0.4 is 5.56 Å². The Labute approximate surface area is 157 Å². The Morgan fingerprint density at radius 1 is 1.07 bits per heavy atom. The lowest BCUT2D eigenvalue weighted by Gasteiger charge is -2.12. The zero-order valence-corrected chi connectivity index (χ0v) is 14.1. The maximum atomic E-state index is 13.5. The van der Waals surface area contributed by atoms with Crippen molar-refractivity contribution in [1.82, 2.24) is 4.57 Å². The van der Waals surface area contributed by atoms with E-state index >= 15 is 0 Å². The first-order valence-electron chi connectivity index (χ1n) is 7.86. The molecule has 0 bridgehead atoms. The molecule has 0 aliphatic rings. The van der Waals surface area contributed by atoms with Crippen molar-refractivity contribution in [3.63, 3.8) is 0 Å². The molecule has 0 saturated heterocycles. The van der Waals surface area contributed by atoms with Crippen LogP contribution in [-0.4, -0.2) is 26.5 Å². The summed E-state index contributed by atoms with van der Waals surface area (Å²) in [4.78, 5) is 36.7. The molecule has 0 amide bonds. The van der Waals surface area contributed by atoms with Gasteiger partial charge in [0.2, 0.25) is 0 Å². The Balaban J connectivity index is 2.27. The highest BCUT2D eigenvalue weighted by Crippen LogP contribution is 2.22. The van der Waals surface area contributed by atoms with Crippen LogP contribution in [0.1, 0.15) is 31.8 Å². The number of hydrogen-bond donors (Lipinski definition) is 2. The van der Waals surface area contributed by atoms with Crippen LogP contribution in [0, 0.1) is 17.1 Å². The molecule has 0 atom stereocenters. The quantitative estimate of drug-likeness (QED) is 0.673. The smallest absolute Gasteiger partial charge is 0.337 e. The van der Waals surface area contributed by atoms with E-state index in [1.54, 1.807) is 6.07 Å². The molecular weight excluding hydrogens is 367 g/mol. The third kappa shape index (κ3) is 3.24. The molecule has 138 valence electrons. The molecule has 8 heteroatoms. The molecule has 0 saturated carbocycles. The topological polar surface area (TPSA) is 120 Å². The number of carboxylic acids is 1. The van der Waals surface area contributed by atoms with Gasteiger partial charge in [-0.15, -0.1) is 0 Å².